The van der Waals surface area contributed by atoms with E-state index in [-0.39, 0.29) is 5.97 Å². The van der Waals surface area contributed by atoms with E-state index in [4.69, 9.17) is 4.74 Å². The summed E-state index contributed by atoms with van der Waals surface area (Å²) < 4.78 is 4.91. The van der Waals surface area contributed by atoms with Crippen LogP contribution in [0.15, 0.2) is 30.5 Å². The first-order chi connectivity index (χ1) is 10.2. The van der Waals surface area contributed by atoms with Gasteiger partial charge in [0.1, 0.15) is 0 Å². The quantitative estimate of drug-likeness (QED) is 0.787. The van der Waals surface area contributed by atoms with E-state index in [1.165, 1.54) is 18.2 Å². The van der Waals surface area contributed by atoms with Gasteiger partial charge in [0.2, 0.25) is 0 Å². The molecular formula is C18H19NO2. The van der Waals surface area contributed by atoms with Crippen LogP contribution >= 0.6 is 0 Å². The summed E-state index contributed by atoms with van der Waals surface area (Å²) in [6, 6.07) is 7.99. The van der Waals surface area contributed by atoms with Gasteiger partial charge in [0.25, 0.3) is 0 Å². The van der Waals surface area contributed by atoms with Gasteiger partial charge in [-0.3, -0.25) is 4.98 Å². The molecule has 1 heterocycles. The van der Waals surface area contributed by atoms with Crippen LogP contribution in [0, 0.1) is 6.92 Å². The minimum absolute atomic E-state index is 0.239. The zero-order valence-corrected chi connectivity index (χ0v) is 12.5. The summed E-state index contributed by atoms with van der Waals surface area (Å²) in [5.41, 5.74) is 6.46. The number of carbonyl (C=O) groups excluding carboxylic acids is 1. The highest BCUT2D eigenvalue weighted by Gasteiger charge is 2.21. The van der Waals surface area contributed by atoms with Crippen molar-refractivity contribution in [2.75, 3.05) is 7.11 Å². The molecule has 0 spiro atoms. The second-order valence-corrected chi connectivity index (χ2v) is 5.53. The molecule has 0 bridgehead atoms. The summed E-state index contributed by atoms with van der Waals surface area (Å²) in [5, 5.41) is 0. The van der Waals surface area contributed by atoms with E-state index < -0.39 is 0 Å². The number of hydrogen-bond acceptors (Lipinski definition) is 3. The number of aryl methyl sites for hydroxylation is 1. The van der Waals surface area contributed by atoms with Crippen LogP contribution in [0.2, 0.25) is 0 Å². The molecule has 21 heavy (non-hydrogen) atoms. The topological polar surface area (TPSA) is 39.2 Å². The molecule has 1 aliphatic rings. The Bertz CT molecular complexity index is 692. The van der Waals surface area contributed by atoms with Crippen LogP contribution in [0.25, 0.3) is 11.3 Å². The predicted octanol–water partition coefficient (Wildman–Crippen LogP) is 3.72. The third kappa shape index (κ3) is 2.56. The lowest BCUT2D eigenvalue weighted by molar-refractivity contribution is 0.0599. The lowest BCUT2D eigenvalue weighted by atomic mass is 9.84. The Morgan fingerprint density at radius 1 is 1.14 bits per heavy atom. The predicted molar refractivity (Wildman–Crippen MR) is 82.4 cm³/mol. The summed E-state index contributed by atoms with van der Waals surface area (Å²) in [6.45, 7) is 2.07. The Balaban J connectivity index is 2.17. The number of hydrogen-bond donors (Lipinski definition) is 0. The van der Waals surface area contributed by atoms with Gasteiger partial charge in [0.05, 0.1) is 18.4 Å². The summed E-state index contributed by atoms with van der Waals surface area (Å²) in [4.78, 5) is 16.4. The number of carbonyl (C=O) groups is 1. The van der Waals surface area contributed by atoms with E-state index in [1.54, 1.807) is 0 Å². The number of nitrogens with zero attached hydrogens (tertiary/aromatic N) is 1. The molecule has 3 nitrogen and oxygen atoms in total. The number of fused-ring (bicyclic) bond motifs is 1. The fourth-order valence-electron chi connectivity index (χ4n) is 3.09. The van der Waals surface area contributed by atoms with Gasteiger partial charge in [-0.15, -0.1) is 0 Å². The lowest BCUT2D eigenvalue weighted by Crippen LogP contribution is -2.13. The Labute approximate surface area is 125 Å². The van der Waals surface area contributed by atoms with Crippen molar-refractivity contribution in [3.05, 3.63) is 52.7 Å². The monoisotopic (exact) mass is 281 g/mol. The Hall–Kier alpha value is -2.16. The maximum Gasteiger partial charge on any atom is 0.338 e. The van der Waals surface area contributed by atoms with Gasteiger partial charge in [0, 0.05) is 11.8 Å². The molecule has 1 aromatic carbocycles. The number of pyridine rings is 1. The molecule has 0 unspecified atom stereocenters. The van der Waals surface area contributed by atoms with Gasteiger partial charge in [-0.2, -0.15) is 0 Å². The molecular weight excluding hydrogens is 262 g/mol. The second-order valence-electron chi connectivity index (χ2n) is 5.53. The second kappa shape index (κ2) is 5.68. The Kier molecular flexibility index (Phi) is 3.74. The number of rotatable bonds is 2. The highest BCUT2D eigenvalue weighted by atomic mass is 16.5. The maximum absolute atomic E-state index is 11.9. The normalized spacial score (nSPS) is 13.6. The Morgan fingerprint density at radius 2 is 1.90 bits per heavy atom. The third-order valence-corrected chi connectivity index (χ3v) is 4.13. The maximum atomic E-state index is 11.9. The van der Waals surface area contributed by atoms with Gasteiger partial charge in [-0.05, 0) is 67.5 Å². The average Bonchev–Trinajstić information content (AvgIpc) is 2.53. The van der Waals surface area contributed by atoms with Crippen LogP contribution in [-0.4, -0.2) is 18.1 Å². The van der Waals surface area contributed by atoms with Gasteiger partial charge < -0.3 is 4.74 Å². The fourth-order valence-corrected chi connectivity index (χ4v) is 3.09. The van der Waals surface area contributed by atoms with E-state index in [2.05, 4.69) is 18.0 Å². The molecule has 1 aliphatic carbocycles. The van der Waals surface area contributed by atoms with Crippen molar-refractivity contribution >= 4 is 5.97 Å². The first kappa shape index (κ1) is 13.8. The van der Waals surface area contributed by atoms with Crippen molar-refractivity contribution < 1.29 is 9.53 Å². The van der Waals surface area contributed by atoms with Gasteiger partial charge in [0.15, 0.2) is 0 Å². The molecule has 0 aliphatic heterocycles. The van der Waals surface area contributed by atoms with Crippen LogP contribution in [0.5, 0.6) is 0 Å². The van der Waals surface area contributed by atoms with Crippen LogP contribution in [0.4, 0.5) is 0 Å². The SMILES string of the molecule is COC(=O)c1ccc(-c2cc(C)ccn2)c2c1CCCC2. The summed E-state index contributed by atoms with van der Waals surface area (Å²) >= 11 is 0. The number of esters is 1. The minimum Gasteiger partial charge on any atom is -0.465 e. The van der Waals surface area contributed by atoms with Crippen molar-refractivity contribution in [3.63, 3.8) is 0 Å². The molecule has 0 amide bonds. The fraction of sp³-hybridized carbons (Fsp3) is 0.333. The molecule has 0 radical (unpaired) electrons. The smallest absolute Gasteiger partial charge is 0.338 e. The highest BCUT2D eigenvalue weighted by Crippen LogP contribution is 2.33. The highest BCUT2D eigenvalue weighted by molar-refractivity contribution is 5.92. The third-order valence-electron chi connectivity index (χ3n) is 4.13. The molecule has 108 valence electrons. The van der Waals surface area contributed by atoms with Crippen LogP contribution < -0.4 is 0 Å². The average molecular weight is 281 g/mol. The molecule has 0 saturated carbocycles. The van der Waals surface area contributed by atoms with Crippen LogP contribution in [0.3, 0.4) is 0 Å². The van der Waals surface area contributed by atoms with Crippen molar-refractivity contribution in [2.24, 2.45) is 0 Å². The first-order valence-corrected chi connectivity index (χ1v) is 7.37. The van der Waals surface area contributed by atoms with Crippen molar-refractivity contribution in [3.8, 4) is 11.3 Å². The molecule has 0 atom stereocenters. The van der Waals surface area contributed by atoms with E-state index in [0.717, 1.165) is 42.5 Å². The lowest BCUT2D eigenvalue weighted by Gasteiger charge is -2.21. The molecule has 0 saturated heterocycles. The zero-order valence-electron chi connectivity index (χ0n) is 12.5. The number of ether oxygens (including phenoxy) is 1. The van der Waals surface area contributed by atoms with Gasteiger partial charge in [-0.25, -0.2) is 4.79 Å². The minimum atomic E-state index is -0.239. The number of methoxy groups -OCH3 is 1. The molecule has 2 aromatic rings. The zero-order chi connectivity index (χ0) is 14.8. The molecule has 0 fully saturated rings. The summed E-state index contributed by atoms with van der Waals surface area (Å²) in [7, 11) is 1.44. The molecule has 0 N–H and O–H groups in total. The molecule has 3 heteroatoms. The molecule has 1 aromatic heterocycles. The Morgan fingerprint density at radius 3 is 2.62 bits per heavy atom. The van der Waals surface area contributed by atoms with Crippen molar-refractivity contribution in [2.45, 2.75) is 32.6 Å². The van der Waals surface area contributed by atoms with Crippen LogP contribution in [-0.2, 0) is 17.6 Å². The van der Waals surface area contributed by atoms with E-state index >= 15 is 0 Å². The number of aromatic nitrogens is 1. The van der Waals surface area contributed by atoms with E-state index in [9.17, 15) is 4.79 Å². The standard InChI is InChI=1S/C18H19NO2/c1-12-9-10-19-17(11-12)15-7-8-16(18(20)21-2)14-6-4-3-5-13(14)15/h7-11H,3-6H2,1-2H3. The van der Waals surface area contributed by atoms with Gasteiger partial charge >= 0.3 is 5.97 Å². The summed E-state index contributed by atoms with van der Waals surface area (Å²) in [6.07, 6.45) is 6.08. The van der Waals surface area contributed by atoms with Crippen LogP contribution in [0.1, 0.15) is 39.9 Å². The summed E-state index contributed by atoms with van der Waals surface area (Å²) in [5.74, 6) is -0.239. The van der Waals surface area contributed by atoms with E-state index in [1.807, 2.05) is 24.4 Å². The molecule has 3 rings (SSSR count). The van der Waals surface area contributed by atoms with Crippen molar-refractivity contribution in [1.82, 2.24) is 4.98 Å². The van der Waals surface area contributed by atoms with Crippen molar-refractivity contribution in [1.29, 1.82) is 0 Å². The number of benzene rings is 1. The van der Waals surface area contributed by atoms with E-state index in [0.29, 0.717) is 5.56 Å². The first-order valence-electron chi connectivity index (χ1n) is 7.37. The largest absolute Gasteiger partial charge is 0.465 e. The van der Waals surface area contributed by atoms with Gasteiger partial charge in [-0.1, -0.05) is 6.07 Å².